The van der Waals surface area contributed by atoms with Crippen LogP contribution in [-0.4, -0.2) is 23.7 Å². The first-order valence-corrected chi connectivity index (χ1v) is 8.14. The molecule has 0 spiro atoms. The molecule has 1 aliphatic carbocycles. The molecule has 0 aliphatic heterocycles. The molecule has 25 heavy (non-hydrogen) atoms. The molecule has 3 N–H and O–H groups in total. The van der Waals surface area contributed by atoms with E-state index >= 15 is 0 Å². The Hall–Kier alpha value is -2.47. The van der Waals surface area contributed by atoms with Gasteiger partial charge in [-0.1, -0.05) is 36.4 Å². The van der Waals surface area contributed by atoms with Gasteiger partial charge in [0.05, 0.1) is 6.54 Å². The molecule has 0 radical (unpaired) electrons. The van der Waals surface area contributed by atoms with Crippen LogP contribution in [0.2, 0.25) is 0 Å². The van der Waals surface area contributed by atoms with Crippen LogP contribution in [0.5, 0.6) is 0 Å². The number of amides is 2. The molecule has 1 fully saturated rings. The third kappa shape index (κ3) is 3.96. The summed E-state index contributed by atoms with van der Waals surface area (Å²) in [6.45, 7) is 1.63. The van der Waals surface area contributed by atoms with E-state index in [-0.39, 0.29) is 24.1 Å². The molecular weight excluding hydrogens is 326 g/mol. The number of aliphatic hydroxyl groups is 1. The third-order valence-electron chi connectivity index (χ3n) is 4.47. The van der Waals surface area contributed by atoms with Gasteiger partial charge in [-0.25, -0.2) is 13.6 Å². The topological polar surface area (TPSA) is 61.4 Å². The number of hydrogen-bond acceptors (Lipinski definition) is 2. The molecule has 2 aromatic carbocycles. The molecule has 1 aliphatic rings. The third-order valence-corrected chi connectivity index (χ3v) is 4.47. The Balaban J connectivity index is 1.53. The molecule has 3 rings (SSSR count). The van der Waals surface area contributed by atoms with Crippen LogP contribution >= 0.6 is 0 Å². The number of nitrogens with one attached hydrogen (secondary N) is 2. The molecule has 0 bridgehead atoms. The van der Waals surface area contributed by atoms with Gasteiger partial charge in [0, 0.05) is 17.5 Å². The normalized spacial score (nSPS) is 21.3. The van der Waals surface area contributed by atoms with E-state index in [1.165, 1.54) is 18.2 Å². The van der Waals surface area contributed by atoms with E-state index in [4.69, 9.17) is 0 Å². The Kier molecular flexibility index (Phi) is 4.72. The van der Waals surface area contributed by atoms with E-state index in [9.17, 15) is 18.7 Å². The van der Waals surface area contributed by atoms with Crippen molar-refractivity contribution in [3.05, 3.63) is 71.3 Å². The zero-order chi connectivity index (χ0) is 18.0. The summed E-state index contributed by atoms with van der Waals surface area (Å²) >= 11 is 0. The summed E-state index contributed by atoms with van der Waals surface area (Å²) in [7, 11) is 0. The first-order chi connectivity index (χ1) is 11.9. The monoisotopic (exact) mass is 346 g/mol. The Bertz CT molecular complexity index is 745. The Morgan fingerprint density at radius 2 is 1.80 bits per heavy atom. The quantitative estimate of drug-likeness (QED) is 0.779. The molecule has 6 heteroatoms. The number of carbonyl (C=O) groups excluding carboxylic acids is 1. The van der Waals surface area contributed by atoms with Crippen LogP contribution in [-0.2, 0) is 5.60 Å². The fourth-order valence-electron chi connectivity index (χ4n) is 2.91. The zero-order valence-corrected chi connectivity index (χ0v) is 13.8. The number of carbonyl (C=O) groups is 1. The molecule has 3 atom stereocenters. The first kappa shape index (κ1) is 17.4. The van der Waals surface area contributed by atoms with E-state index < -0.39 is 23.3 Å². The lowest BCUT2D eigenvalue weighted by Crippen LogP contribution is -2.44. The van der Waals surface area contributed by atoms with Crippen molar-refractivity contribution in [3.63, 3.8) is 0 Å². The van der Waals surface area contributed by atoms with Crippen molar-refractivity contribution in [1.82, 2.24) is 10.6 Å². The largest absolute Gasteiger partial charge is 0.384 e. The van der Waals surface area contributed by atoms with E-state index in [2.05, 4.69) is 10.6 Å². The molecule has 2 aromatic rings. The molecule has 0 saturated heterocycles. The zero-order valence-electron chi connectivity index (χ0n) is 13.8. The summed E-state index contributed by atoms with van der Waals surface area (Å²) in [5.41, 5.74) is -0.503. The highest BCUT2D eigenvalue weighted by atomic mass is 19.1. The summed E-state index contributed by atoms with van der Waals surface area (Å²) in [5.74, 6) is -1.55. The Morgan fingerprint density at radius 3 is 2.44 bits per heavy atom. The van der Waals surface area contributed by atoms with Crippen LogP contribution < -0.4 is 10.6 Å². The van der Waals surface area contributed by atoms with Gasteiger partial charge in [-0.3, -0.25) is 0 Å². The van der Waals surface area contributed by atoms with Gasteiger partial charge in [0.1, 0.15) is 17.2 Å². The lowest BCUT2D eigenvalue weighted by atomic mass is 9.96. The molecule has 0 heterocycles. The summed E-state index contributed by atoms with van der Waals surface area (Å²) in [6.07, 6.45) is 0.486. The molecular formula is C19H20F2N2O2. The van der Waals surface area contributed by atoms with Gasteiger partial charge in [0.25, 0.3) is 0 Å². The summed E-state index contributed by atoms with van der Waals surface area (Å²) in [5, 5.41) is 15.7. The van der Waals surface area contributed by atoms with Crippen LogP contribution in [0, 0.1) is 11.6 Å². The SMILES string of the molecule is CC(O)(CNC(=O)NC1CC1c1c(F)cccc1F)c1ccccc1. The fourth-order valence-corrected chi connectivity index (χ4v) is 2.91. The van der Waals surface area contributed by atoms with Gasteiger partial charge >= 0.3 is 6.03 Å². The van der Waals surface area contributed by atoms with Crippen LogP contribution in [0.3, 0.4) is 0 Å². The average Bonchev–Trinajstić information content (AvgIpc) is 3.32. The van der Waals surface area contributed by atoms with Gasteiger partial charge in [-0.05, 0) is 31.0 Å². The van der Waals surface area contributed by atoms with Gasteiger partial charge in [-0.15, -0.1) is 0 Å². The minimum absolute atomic E-state index is 0.0177. The number of rotatable bonds is 5. The Morgan fingerprint density at radius 1 is 1.16 bits per heavy atom. The van der Waals surface area contributed by atoms with E-state index in [1.54, 1.807) is 19.1 Å². The Labute approximate surface area is 144 Å². The van der Waals surface area contributed by atoms with Crippen molar-refractivity contribution in [1.29, 1.82) is 0 Å². The second-order valence-corrected chi connectivity index (χ2v) is 6.55. The van der Waals surface area contributed by atoms with Crippen molar-refractivity contribution in [2.24, 2.45) is 0 Å². The molecule has 4 nitrogen and oxygen atoms in total. The van der Waals surface area contributed by atoms with Crippen molar-refractivity contribution in [3.8, 4) is 0 Å². The highest BCUT2D eigenvalue weighted by Gasteiger charge is 2.42. The first-order valence-electron chi connectivity index (χ1n) is 8.14. The lowest BCUT2D eigenvalue weighted by molar-refractivity contribution is 0.0593. The highest BCUT2D eigenvalue weighted by molar-refractivity contribution is 5.75. The summed E-state index contributed by atoms with van der Waals surface area (Å²) in [6, 6.07) is 12.0. The predicted octanol–water partition coefficient (Wildman–Crippen LogP) is 3.03. The fraction of sp³-hybridized carbons (Fsp3) is 0.316. The number of benzene rings is 2. The van der Waals surface area contributed by atoms with Gasteiger partial charge < -0.3 is 15.7 Å². The van der Waals surface area contributed by atoms with Gasteiger partial charge in [-0.2, -0.15) is 0 Å². The van der Waals surface area contributed by atoms with Crippen LogP contribution in [0.25, 0.3) is 0 Å². The van der Waals surface area contributed by atoms with Crippen molar-refractivity contribution >= 4 is 6.03 Å². The van der Waals surface area contributed by atoms with Crippen LogP contribution in [0.15, 0.2) is 48.5 Å². The van der Waals surface area contributed by atoms with E-state index in [0.717, 1.165) is 0 Å². The number of urea groups is 1. The maximum atomic E-state index is 13.7. The maximum Gasteiger partial charge on any atom is 0.315 e. The van der Waals surface area contributed by atoms with E-state index in [1.807, 2.05) is 18.2 Å². The maximum absolute atomic E-state index is 13.7. The second kappa shape index (κ2) is 6.80. The molecule has 2 amide bonds. The minimum Gasteiger partial charge on any atom is -0.384 e. The molecule has 1 saturated carbocycles. The second-order valence-electron chi connectivity index (χ2n) is 6.55. The van der Waals surface area contributed by atoms with Crippen LogP contribution in [0.1, 0.15) is 30.4 Å². The van der Waals surface area contributed by atoms with Gasteiger partial charge in [0.2, 0.25) is 0 Å². The molecule has 3 unspecified atom stereocenters. The van der Waals surface area contributed by atoms with Crippen LogP contribution in [0.4, 0.5) is 13.6 Å². The molecule has 132 valence electrons. The lowest BCUT2D eigenvalue weighted by Gasteiger charge is -2.24. The van der Waals surface area contributed by atoms with E-state index in [0.29, 0.717) is 12.0 Å². The minimum atomic E-state index is -1.21. The summed E-state index contributed by atoms with van der Waals surface area (Å²) < 4.78 is 27.5. The predicted molar refractivity (Wildman–Crippen MR) is 90.1 cm³/mol. The average molecular weight is 346 g/mol. The summed E-state index contributed by atoms with van der Waals surface area (Å²) in [4.78, 5) is 12.0. The standard InChI is InChI=1S/C19H20F2N2O2/c1-19(25,12-6-3-2-4-7-12)11-22-18(24)23-16-10-13(16)17-14(20)8-5-9-15(17)21/h2-9,13,16,25H,10-11H2,1H3,(H2,22,23,24). The van der Waals surface area contributed by atoms with Crippen molar-refractivity contribution in [2.45, 2.75) is 30.9 Å². The van der Waals surface area contributed by atoms with Gasteiger partial charge in [0.15, 0.2) is 0 Å². The number of hydrogen-bond donors (Lipinski definition) is 3. The van der Waals surface area contributed by atoms with Crippen molar-refractivity contribution < 1.29 is 18.7 Å². The highest BCUT2D eigenvalue weighted by Crippen LogP contribution is 2.43. The number of halogens is 2. The smallest absolute Gasteiger partial charge is 0.315 e. The van der Waals surface area contributed by atoms with Crippen molar-refractivity contribution in [2.75, 3.05) is 6.54 Å². The molecule has 0 aromatic heterocycles.